The highest BCUT2D eigenvalue weighted by Crippen LogP contribution is 2.33. The molecule has 7 heteroatoms. The van der Waals surface area contributed by atoms with Crippen LogP contribution in [0.2, 0.25) is 5.02 Å². The number of nitrogens with zero attached hydrogens (tertiary/aromatic N) is 3. The van der Waals surface area contributed by atoms with Crippen LogP contribution in [0, 0.1) is 4.91 Å². The largest absolute Gasteiger partial charge is 0.453 e. The first-order chi connectivity index (χ1) is 11.2. The normalized spacial score (nSPS) is 12.0. The molecule has 0 atom stereocenters. The minimum atomic E-state index is 0.296. The highest BCUT2D eigenvalue weighted by molar-refractivity contribution is 6.30. The number of benzene rings is 2. The lowest BCUT2D eigenvalue weighted by Gasteiger charge is -2.10. The van der Waals surface area contributed by atoms with Crippen molar-refractivity contribution in [3.8, 4) is 11.5 Å². The van der Waals surface area contributed by atoms with E-state index in [1.54, 1.807) is 24.3 Å². The van der Waals surface area contributed by atoms with Gasteiger partial charge in [-0.3, -0.25) is 4.99 Å². The molecule has 1 aromatic rings. The van der Waals surface area contributed by atoms with E-state index in [9.17, 15) is 4.91 Å². The number of hydrogen-bond acceptors (Lipinski definition) is 6. The van der Waals surface area contributed by atoms with Gasteiger partial charge < -0.3 is 9.73 Å². The Bertz CT molecular complexity index is 920. The lowest BCUT2D eigenvalue weighted by molar-refractivity contribution is 0.612. The maximum atomic E-state index is 11.0. The monoisotopic (exact) mass is 330 g/mol. The quantitative estimate of drug-likeness (QED) is 0.570. The first-order valence-corrected chi connectivity index (χ1v) is 7.70. The molecule has 1 heterocycles. The molecule has 0 spiro atoms. The van der Waals surface area contributed by atoms with E-state index in [0.717, 1.165) is 0 Å². The predicted octanol–water partition coefficient (Wildman–Crippen LogP) is 4.34. The standard InChI is InChI=1S/C16H15ClN4O2/c1-3-18-10-7-15-13(5-9(10)17)20-14-6-12(21-22)11(19-4-2)8-16(14)23-15/h5-8,19H,3-4H2,1-2H3/b18-10-. The number of halogens is 1. The van der Waals surface area contributed by atoms with Gasteiger partial charge in [0, 0.05) is 25.2 Å². The SMILES string of the molecule is CC/N=c1/cc2oc3cc(NCC)c(N=O)cc3nc-2cc1Cl. The lowest BCUT2D eigenvalue weighted by atomic mass is 10.2. The first-order valence-electron chi connectivity index (χ1n) is 7.32. The van der Waals surface area contributed by atoms with Gasteiger partial charge in [0.1, 0.15) is 16.9 Å². The van der Waals surface area contributed by atoms with Gasteiger partial charge in [0.25, 0.3) is 0 Å². The summed E-state index contributed by atoms with van der Waals surface area (Å²) >= 11 is 6.20. The number of anilines is 1. The Balaban J connectivity index is 2.30. The molecule has 118 valence electrons. The van der Waals surface area contributed by atoms with E-state index >= 15 is 0 Å². The van der Waals surface area contributed by atoms with Crippen molar-refractivity contribution < 1.29 is 4.42 Å². The Kier molecular flexibility index (Phi) is 4.25. The van der Waals surface area contributed by atoms with Crippen molar-refractivity contribution >= 4 is 34.1 Å². The third-order valence-electron chi connectivity index (χ3n) is 3.36. The van der Waals surface area contributed by atoms with Crippen molar-refractivity contribution in [2.75, 3.05) is 18.4 Å². The van der Waals surface area contributed by atoms with Crippen molar-refractivity contribution in [3.05, 3.63) is 39.6 Å². The van der Waals surface area contributed by atoms with Crippen LogP contribution in [-0.2, 0) is 0 Å². The lowest BCUT2D eigenvalue weighted by Crippen LogP contribution is -2.06. The fourth-order valence-corrected chi connectivity index (χ4v) is 2.59. The van der Waals surface area contributed by atoms with E-state index in [4.69, 9.17) is 16.0 Å². The zero-order valence-corrected chi connectivity index (χ0v) is 13.5. The average molecular weight is 331 g/mol. The summed E-state index contributed by atoms with van der Waals surface area (Å²) in [5.41, 5.74) is 2.62. The molecule has 1 aromatic carbocycles. The molecule has 0 unspecified atom stereocenters. The molecular formula is C16H15ClN4O2. The van der Waals surface area contributed by atoms with E-state index in [1.807, 2.05) is 13.8 Å². The number of aromatic nitrogens is 1. The van der Waals surface area contributed by atoms with Crippen molar-refractivity contribution in [3.63, 3.8) is 0 Å². The van der Waals surface area contributed by atoms with Crippen LogP contribution in [0.25, 0.3) is 22.6 Å². The molecule has 1 aliphatic heterocycles. The summed E-state index contributed by atoms with van der Waals surface area (Å²) in [6.07, 6.45) is 0. The average Bonchev–Trinajstić information content (AvgIpc) is 2.54. The van der Waals surface area contributed by atoms with Crippen LogP contribution in [0.1, 0.15) is 13.8 Å². The molecule has 1 N–H and O–H groups in total. The molecule has 0 bridgehead atoms. The zero-order chi connectivity index (χ0) is 16.4. The molecule has 0 saturated carbocycles. The third-order valence-corrected chi connectivity index (χ3v) is 3.66. The highest BCUT2D eigenvalue weighted by Gasteiger charge is 2.14. The van der Waals surface area contributed by atoms with Crippen molar-refractivity contribution in [1.82, 2.24) is 4.98 Å². The molecule has 0 radical (unpaired) electrons. The number of fused-ring (bicyclic) bond motifs is 2. The van der Waals surface area contributed by atoms with Gasteiger partial charge in [0.2, 0.25) is 0 Å². The maximum absolute atomic E-state index is 11.0. The molecule has 6 nitrogen and oxygen atoms in total. The summed E-state index contributed by atoms with van der Waals surface area (Å²) < 4.78 is 5.91. The minimum Gasteiger partial charge on any atom is -0.453 e. The van der Waals surface area contributed by atoms with E-state index in [-0.39, 0.29) is 0 Å². The van der Waals surface area contributed by atoms with Gasteiger partial charge in [-0.15, -0.1) is 4.91 Å². The topological polar surface area (TPSA) is 79.9 Å². The van der Waals surface area contributed by atoms with Crippen LogP contribution < -0.4 is 10.7 Å². The molecule has 3 rings (SSSR count). The Hall–Kier alpha value is -2.47. The van der Waals surface area contributed by atoms with E-state index < -0.39 is 0 Å². The van der Waals surface area contributed by atoms with Crippen LogP contribution >= 0.6 is 11.6 Å². The molecule has 1 aliphatic carbocycles. The molecular weight excluding hydrogens is 316 g/mol. The van der Waals surface area contributed by atoms with Gasteiger partial charge >= 0.3 is 0 Å². The molecule has 0 amide bonds. The number of nitroso groups, excluding NO2 is 1. The number of rotatable bonds is 4. The summed E-state index contributed by atoms with van der Waals surface area (Å²) in [5.74, 6) is 0.586. The molecule has 0 aromatic heterocycles. The number of nitrogens with one attached hydrogen (secondary N) is 1. The maximum Gasteiger partial charge on any atom is 0.155 e. The van der Waals surface area contributed by atoms with E-state index in [2.05, 4.69) is 20.5 Å². The molecule has 23 heavy (non-hydrogen) atoms. The second-order valence-electron chi connectivity index (χ2n) is 4.92. The Morgan fingerprint density at radius 2 is 2.09 bits per heavy atom. The molecule has 2 aliphatic rings. The van der Waals surface area contributed by atoms with Crippen molar-refractivity contribution in [2.45, 2.75) is 13.8 Å². The van der Waals surface area contributed by atoms with Gasteiger partial charge in [-0.1, -0.05) is 11.6 Å². The third kappa shape index (κ3) is 2.90. The van der Waals surface area contributed by atoms with Crippen LogP contribution in [-0.4, -0.2) is 18.1 Å². The van der Waals surface area contributed by atoms with E-state index in [0.29, 0.717) is 57.4 Å². The van der Waals surface area contributed by atoms with E-state index in [1.165, 1.54) is 0 Å². The summed E-state index contributed by atoms with van der Waals surface area (Å²) in [5, 5.41) is 7.31. The van der Waals surface area contributed by atoms with Gasteiger partial charge in [0.05, 0.1) is 16.1 Å². The predicted molar refractivity (Wildman–Crippen MR) is 91.4 cm³/mol. The second kappa shape index (κ2) is 6.34. The fraction of sp³-hybridized carbons (Fsp3) is 0.250. The highest BCUT2D eigenvalue weighted by atomic mass is 35.5. The summed E-state index contributed by atoms with van der Waals surface area (Å²) in [4.78, 5) is 19.8. The van der Waals surface area contributed by atoms with Crippen molar-refractivity contribution in [2.24, 2.45) is 10.2 Å². The smallest absolute Gasteiger partial charge is 0.155 e. The Morgan fingerprint density at radius 3 is 2.78 bits per heavy atom. The summed E-state index contributed by atoms with van der Waals surface area (Å²) in [7, 11) is 0. The fourth-order valence-electron chi connectivity index (χ4n) is 2.38. The number of hydrogen-bond donors (Lipinski definition) is 1. The van der Waals surface area contributed by atoms with Crippen LogP contribution in [0.3, 0.4) is 0 Å². The summed E-state index contributed by atoms with van der Waals surface area (Å²) in [6.45, 7) is 5.18. The summed E-state index contributed by atoms with van der Waals surface area (Å²) in [6, 6.07) is 6.81. The minimum absolute atomic E-state index is 0.296. The zero-order valence-electron chi connectivity index (χ0n) is 12.8. The van der Waals surface area contributed by atoms with Gasteiger partial charge in [-0.2, -0.15) is 0 Å². The Morgan fingerprint density at radius 1 is 1.26 bits per heavy atom. The van der Waals surface area contributed by atoms with Gasteiger partial charge in [-0.05, 0) is 31.2 Å². The molecule has 0 fully saturated rings. The van der Waals surface area contributed by atoms with Crippen LogP contribution in [0.15, 0.2) is 38.9 Å². The van der Waals surface area contributed by atoms with Gasteiger partial charge in [-0.25, -0.2) is 4.98 Å². The van der Waals surface area contributed by atoms with Crippen molar-refractivity contribution in [1.29, 1.82) is 0 Å². The van der Waals surface area contributed by atoms with Crippen LogP contribution in [0.5, 0.6) is 0 Å². The Labute approximate surface area is 137 Å². The molecule has 0 saturated heterocycles. The van der Waals surface area contributed by atoms with Gasteiger partial charge in [0.15, 0.2) is 11.3 Å². The first kappa shape index (κ1) is 15.4. The van der Waals surface area contributed by atoms with Crippen LogP contribution in [0.4, 0.5) is 11.4 Å². The second-order valence-corrected chi connectivity index (χ2v) is 5.33.